The Balaban J connectivity index is 1.69. The molecule has 0 spiro atoms. The van der Waals surface area contributed by atoms with Crippen molar-refractivity contribution in [1.29, 1.82) is 0 Å². The van der Waals surface area contributed by atoms with Crippen LogP contribution in [0.15, 0.2) is 47.4 Å². The minimum Gasteiger partial charge on any atom is -0.497 e. The summed E-state index contributed by atoms with van der Waals surface area (Å²) < 4.78 is 42.9. The van der Waals surface area contributed by atoms with Gasteiger partial charge in [0, 0.05) is 24.8 Å². The second-order valence-electron chi connectivity index (χ2n) is 7.54. The third kappa shape index (κ3) is 6.23. The zero-order valence-corrected chi connectivity index (χ0v) is 19.5. The van der Waals surface area contributed by atoms with Gasteiger partial charge in [-0.2, -0.15) is 4.31 Å². The second-order valence-corrected chi connectivity index (χ2v) is 9.47. The largest absolute Gasteiger partial charge is 0.497 e. The Morgan fingerprint density at radius 1 is 1.00 bits per heavy atom. The molecule has 0 bridgehead atoms. The Bertz CT molecular complexity index is 1090. The van der Waals surface area contributed by atoms with E-state index in [1.54, 1.807) is 18.2 Å². The van der Waals surface area contributed by atoms with Gasteiger partial charge in [0.25, 0.3) is 5.91 Å². The van der Waals surface area contributed by atoms with E-state index in [4.69, 9.17) is 14.2 Å². The van der Waals surface area contributed by atoms with E-state index in [0.29, 0.717) is 24.5 Å². The van der Waals surface area contributed by atoms with E-state index in [1.807, 2.05) is 0 Å². The van der Waals surface area contributed by atoms with Crippen LogP contribution in [0.5, 0.6) is 11.5 Å². The molecule has 3 rings (SSSR count). The van der Waals surface area contributed by atoms with Crippen molar-refractivity contribution >= 4 is 27.6 Å². The van der Waals surface area contributed by atoms with E-state index in [9.17, 15) is 18.0 Å². The number of esters is 1. The molecule has 9 nitrogen and oxygen atoms in total. The number of nitrogens with one attached hydrogen (secondary N) is 1. The van der Waals surface area contributed by atoms with Gasteiger partial charge in [0.1, 0.15) is 17.1 Å². The van der Waals surface area contributed by atoms with Gasteiger partial charge in [0.05, 0.1) is 19.1 Å². The number of carbonyl (C=O) groups excluding carboxylic acids is 2. The maximum absolute atomic E-state index is 13.0. The van der Waals surface area contributed by atoms with Crippen LogP contribution >= 0.6 is 0 Å². The number of hydrogen-bond acceptors (Lipinski definition) is 7. The van der Waals surface area contributed by atoms with Crippen LogP contribution in [-0.4, -0.2) is 58.5 Å². The monoisotopic (exact) mass is 476 g/mol. The minimum atomic E-state index is -3.64. The lowest BCUT2D eigenvalue weighted by Gasteiger charge is -2.20. The molecule has 1 aliphatic heterocycles. The highest BCUT2D eigenvalue weighted by atomic mass is 32.2. The van der Waals surface area contributed by atoms with E-state index in [0.717, 1.165) is 25.7 Å². The molecule has 1 fully saturated rings. The average Bonchev–Trinajstić information content (AvgIpc) is 3.12. The number of carbonyl (C=O) groups is 2. The fourth-order valence-corrected chi connectivity index (χ4v) is 5.10. The SMILES string of the molecule is COC(=O)c1ccc(OC)cc1OCC(=O)Nc1cccc(S(=O)(=O)N2CCCCCC2)c1. The third-order valence-electron chi connectivity index (χ3n) is 5.27. The summed E-state index contributed by atoms with van der Waals surface area (Å²) in [5, 5.41) is 2.64. The van der Waals surface area contributed by atoms with E-state index in [2.05, 4.69) is 5.32 Å². The van der Waals surface area contributed by atoms with Crippen LogP contribution in [0, 0.1) is 0 Å². The van der Waals surface area contributed by atoms with Crippen LogP contribution in [0.4, 0.5) is 5.69 Å². The number of nitrogens with zero attached hydrogens (tertiary/aromatic N) is 1. The molecule has 178 valence electrons. The molecule has 2 aromatic carbocycles. The Labute approximate surface area is 193 Å². The maximum atomic E-state index is 13.0. The molecule has 1 aliphatic rings. The van der Waals surface area contributed by atoms with E-state index in [-0.39, 0.29) is 16.2 Å². The Morgan fingerprint density at radius 2 is 1.73 bits per heavy atom. The minimum absolute atomic E-state index is 0.129. The van der Waals surface area contributed by atoms with Gasteiger partial charge >= 0.3 is 5.97 Å². The lowest BCUT2D eigenvalue weighted by atomic mass is 10.2. The van der Waals surface area contributed by atoms with Crippen LogP contribution in [-0.2, 0) is 19.6 Å². The standard InChI is InChI=1S/C23H28N2O7S/c1-30-18-10-11-20(23(27)31-2)21(15-18)32-16-22(26)24-17-8-7-9-19(14-17)33(28,29)25-12-5-3-4-6-13-25/h7-11,14-15H,3-6,12-13,16H2,1-2H3,(H,24,26). The van der Waals surface area contributed by atoms with E-state index >= 15 is 0 Å². The number of anilines is 1. The number of hydrogen-bond donors (Lipinski definition) is 1. The van der Waals surface area contributed by atoms with Crippen LogP contribution in [0.1, 0.15) is 36.0 Å². The number of methoxy groups -OCH3 is 2. The highest BCUT2D eigenvalue weighted by Crippen LogP contribution is 2.26. The van der Waals surface area contributed by atoms with Gasteiger partial charge in [-0.25, -0.2) is 13.2 Å². The summed E-state index contributed by atoms with van der Waals surface area (Å²) in [6.45, 7) is 0.589. The van der Waals surface area contributed by atoms with Gasteiger partial charge < -0.3 is 19.5 Å². The van der Waals surface area contributed by atoms with Gasteiger partial charge in [-0.05, 0) is 43.2 Å². The highest BCUT2D eigenvalue weighted by molar-refractivity contribution is 7.89. The summed E-state index contributed by atoms with van der Waals surface area (Å²) in [5.74, 6) is -0.546. The van der Waals surface area contributed by atoms with Crippen molar-refractivity contribution in [3.8, 4) is 11.5 Å². The molecule has 0 unspecified atom stereocenters. The highest BCUT2D eigenvalue weighted by Gasteiger charge is 2.25. The number of benzene rings is 2. The molecular formula is C23H28N2O7S. The quantitative estimate of drug-likeness (QED) is 0.583. The first kappa shape index (κ1) is 24.5. The number of amides is 1. The van der Waals surface area contributed by atoms with Crippen molar-refractivity contribution in [2.24, 2.45) is 0 Å². The molecule has 0 aliphatic carbocycles. The summed E-state index contributed by atoms with van der Waals surface area (Å²) in [6.07, 6.45) is 3.72. The molecule has 1 amide bonds. The van der Waals surface area contributed by atoms with Crippen molar-refractivity contribution in [2.45, 2.75) is 30.6 Å². The van der Waals surface area contributed by atoms with Gasteiger partial charge in [0.15, 0.2) is 6.61 Å². The Hall–Kier alpha value is -3.11. The van der Waals surface area contributed by atoms with E-state index < -0.39 is 28.5 Å². The summed E-state index contributed by atoms with van der Waals surface area (Å²) in [6, 6.07) is 10.7. The lowest BCUT2D eigenvalue weighted by molar-refractivity contribution is -0.118. The third-order valence-corrected chi connectivity index (χ3v) is 7.17. The first-order valence-electron chi connectivity index (χ1n) is 10.6. The first-order valence-corrected chi connectivity index (χ1v) is 12.1. The summed E-state index contributed by atoms with van der Waals surface area (Å²) >= 11 is 0. The van der Waals surface area contributed by atoms with Crippen molar-refractivity contribution in [3.05, 3.63) is 48.0 Å². The van der Waals surface area contributed by atoms with E-state index in [1.165, 1.54) is 42.8 Å². The van der Waals surface area contributed by atoms with Crippen molar-refractivity contribution in [3.63, 3.8) is 0 Å². The summed E-state index contributed by atoms with van der Waals surface area (Å²) in [4.78, 5) is 24.5. The molecule has 0 radical (unpaired) electrons. The Kier molecular flexibility index (Phi) is 8.29. The molecule has 0 aromatic heterocycles. The molecule has 1 saturated heterocycles. The molecule has 1 N–H and O–H groups in total. The topological polar surface area (TPSA) is 111 Å². The zero-order valence-electron chi connectivity index (χ0n) is 18.7. The first-order chi connectivity index (χ1) is 15.8. The Morgan fingerprint density at radius 3 is 2.39 bits per heavy atom. The number of sulfonamides is 1. The van der Waals surface area contributed by atoms with Crippen LogP contribution in [0.25, 0.3) is 0 Å². The fraction of sp³-hybridized carbons (Fsp3) is 0.391. The molecular weight excluding hydrogens is 448 g/mol. The normalized spacial score (nSPS) is 14.7. The van der Waals surface area contributed by atoms with Crippen molar-refractivity contribution in [1.82, 2.24) is 4.31 Å². The molecule has 1 heterocycles. The van der Waals surface area contributed by atoms with Crippen LogP contribution in [0.2, 0.25) is 0 Å². The summed E-state index contributed by atoms with van der Waals surface area (Å²) in [7, 11) is -0.925. The smallest absolute Gasteiger partial charge is 0.341 e. The maximum Gasteiger partial charge on any atom is 0.341 e. The average molecular weight is 477 g/mol. The number of ether oxygens (including phenoxy) is 3. The molecule has 10 heteroatoms. The fourth-order valence-electron chi connectivity index (χ4n) is 3.53. The van der Waals surface area contributed by atoms with Gasteiger partial charge in [-0.15, -0.1) is 0 Å². The van der Waals surface area contributed by atoms with Crippen molar-refractivity contribution < 1.29 is 32.2 Å². The molecule has 2 aromatic rings. The molecule has 0 atom stereocenters. The van der Waals surface area contributed by atoms with Crippen LogP contribution in [0.3, 0.4) is 0 Å². The van der Waals surface area contributed by atoms with Gasteiger partial charge in [-0.1, -0.05) is 18.9 Å². The lowest BCUT2D eigenvalue weighted by Crippen LogP contribution is -2.32. The zero-order chi connectivity index (χ0) is 23.8. The van der Waals surface area contributed by atoms with Gasteiger partial charge in [-0.3, -0.25) is 4.79 Å². The molecule has 0 saturated carbocycles. The van der Waals surface area contributed by atoms with Gasteiger partial charge in [0.2, 0.25) is 10.0 Å². The van der Waals surface area contributed by atoms with Crippen LogP contribution < -0.4 is 14.8 Å². The predicted molar refractivity (Wildman–Crippen MR) is 122 cm³/mol. The second kappa shape index (κ2) is 11.2. The summed E-state index contributed by atoms with van der Waals surface area (Å²) in [5.41, 5.74) is 0.481. The number of rotatable bonds is 8. The molecule has 33 heavy (non-hydrogen) atoms. The van der Waals surface area contributed by atoms with Crippen molar-refractivity contribution in [2.75, 3.05) is 39.2 Å². The predicted octanol–water partition coefficient (Wildman–Crippen LogP) is 3.06.